The number of benzene rings is 2. The number of amides is 1. The molecule has 9 heteroatoms. The first-order valence-corrected chi connectivity index (χ1v) is 16.3. The van der Waals surface area contributed by atoms with Crippen LogP contribution in [0.15, 0.2) is 48.6 Å². The highest BCUT2D eigenvalue weighted by Gasteiger charge is 2.44. The second-order valence-electron chi connectivity index (χ2n) is 12.1. The van der Waals surface area contributed by atoms with E-state index in [1.807, 2.05) is 12.1 Å². The van der Waals surface area contributed by atoms with Gasteiger partial charge in [-0.1, -0.05) is 29.8 Å². The van der Waals surface area contributed by atoms with Gasteiger partial charge in [0.25, 0.3) is 5.91 Å². The number of fused-ring (bicyclic) bond motifs is 4. The number of rotatable bonds is 0. The van der Waals surface area contributed by atoms with Gasteiger partial charge in [-0.25, -0.2) is 13.1 Å². The Morgan fingerprint density at radius 2 is 1.98 bits per heavy atom. The highest BCUT2D eigenvalue weighted by Crippen LogP contribution is 2.46. The van der Waals surface area contributed by atoms with Crippen LogP contribution in [0, 0.1) is 11.8 Å². The number of hydrogen-bond acceptors (Lipinski definition) is 6. The molecule has 1 spiro atoms. The van der Waals surface area contributed by atoms with Crippen LogP contribution in [0.2, 0.25) is 5.02 Å². The van der Waals surface area contributed by atoms with E-state index in [1.165, 1.54) is 11.1 Å². The van der Waals surface area contributed by atoms with Crippen LogP contribution in [0.4, 0.5) is 5.69 Å². The molecule has 2 heterocycles. The van der Waals surface area contributed by atoms with Gasteiger partial charge in [0, 0.05) is 30.5 Å². The standard InChI is InChI=1S/C31H37ClN2O5S.H2/c1-20-5-2-3-7-28(35)25-11-8-23(25)17-34-18-31(14-4-6-21-15-24(32)10-12-26(21)31)19-39-29-13-9-22(16-27(29)34)30(36)33-40(20,37)38;/h2-3,9-10,12-13,15-16,20,23,25,28,35H,4-8,11,14,17-19H2,1H3,(H,33,36);1H/b3-2-;/t20-,23+,25-,28+,31+;/m1./s1. The topological polar surface area (TPSA) is 95.9 Å². The molecule has 216 valence electrons. The van der Waals surface area contributed by atoms with Crippen LogP contribution in [-0.2, 0) is 21.9 Å². The zero-order chi connectivity index (χ0) is 28.1. The summed E-state index contributed by atoms with van der Waals surface area (Å²) >= 11 is 6.37. The molecule has 0 saturated heterocycles. The lowest BCUT2D eigenvalue weighted by Gasteiger charge is -2.45. The zero-order valence-corrected chi connectivity index (χ0v) is 24.4. The average molecular weight is 587 g/mol. The third kappa shape index (κ3) is 5.14. The third-order valence-electron chi connectivity index (χ3n) is 9.50. The number of nitrogens with one attached hydrogen (secondary N) is 1. The Morgan fingerprint density at radius 1 is 1.15 bits per heavy atom. The molecule has 2 aliphatic heterocycles. The van der Waals surface area contributed by atoms with Crippen molar-refractivity contribution in [2.24, 2.45) is 11.8 Å². The van der Waals surface area contributed by atoms with E-state index in [1.54, 1.807) is 31.2 Å². The van der Waals surface area contributed by atoms with E-state index >= 15 is 0 Å². The minimum absolute atomic E-state index is 0. The Hall–Kier alpha value is -2.55. The van der Waals surface area contributed by atoms with Crippen molar-refractivity contribution in [1.29, 1.82) is 0 Å². The number of halogens is 1. The second-order valence-corrected chi connectivity index (χ2v) is 14.6. The van der Waals surface area contributed by atoms with Crippen molar-refractivity contribution < 1.29 is 24.5 Å². The van der Waals surface area contributed by atoms with E-state index in [2.05, 4.69) is 21.8 Å². The molecule has 5 atom stereocenters. The summed E-state index contributed by atoms with van der Waals surface area (Å²) in [5, 5.41) is 11.0. The number of carbonyl (C=O) groups excluding carboxylic acids is 1. The molecule has 2 aromatic carbocycles. The Labute approximate surface area is 243 Å². The van der Waals surface area contributed by atoms with Crippen molar-refractivity contribution in [1.82, 2.24) is 4.72 Å². The maximum absolute atomic E-state index is 13.2. The van der Waals surface area contributed by atoms with Gasteiger partial charge in [-0.3, -0.25) is 4.79 Å². The molecular formula is C31H39ClN2O5S. The van der Waals surface area contributed by atoms with Gasteiger partial charge >= 0.3 is 0 Å². The van der Waals surface area contributed by atoms with E-state index in [0.717, 1.165) is 49.4 Å². The van der Waals surface area contributed by atoms with E-state index < -0.39 is 27.3 Å². The first-order chi connectivity index (χ1) is 19.1. The summed E-state index contributed by atoms with van der Waals surface area (Å²) in [4.78, 5) is 15.5. The van der Waals surface area contributed by atoms with Gasteiger partial charge in [-0.15, -0.1) is 0 Å². The van der Waals surface area contributed by atoms with Crippen molar-refractivity contribution >= 4 is 33.2 Å². The van der Waals surface area contributed by atoms with Gasteiger partial charge in [-0.2, -0.15) is 0 Å². The lowest BCUT2D eigenvalue weighted by Crippen LogP contribution is -2.49. The predicted octanol–water partition coefficient (Wildman–Crippen LogP) is 5.24. The van der Waals surface area contributed by atoms with Crippen LogP contribution in [0.1, 0.15) is 68.4 Å². The molecular weight excluding hydrogens is 548 g/mol. The highest BCUT2D eigenvalue weighted by molar-refractivity contribution is 7.90. The predicted molar refractivity (Wildman–Crippen MR) is 159 cm³/mol. The summed E-state index contributed by atoms with van der Waals surface area (Å²) in [6, 6.07) is 11.4. The molecule has 40 heavy (non-hydrogen) atoms. The summed E-state index contributed by atoms with van der Waals surface area (Å²) in [5.41, 5.74) is 3.34. The maximum atomic E-state index is 13.2. The number of aliphatic hydroxyl groups is 1. The Bertz CT molecular complexity index is 1450. The molecule has 2 N–H and O–H groups in total. The van der Waals surface area contributed by atoms with Gasteiger partial charge in [0.1, 0.15) is 5.75 Å². The summed E-state index contributed by atoms with van der Waals surface area (Å²) < 4.78 is 34.6. The smallest absolute Gasteiger partial charge is 0.264 e. The van der Waals surface area contributed by atoms with Crippen molar-refractivity contribution in [3.63, 3.8) is 0 Å². The minimum Gasteiger partial charge on any atom is -0.490 e. The number of carbonyl (C=O) groups is 1. The Balaban J connectivity index is 0.00000337. The molecule has 2 bridgehead atoms. The number of hydrogen-bond donors (Lipinski definition) is 2. The van der Waals surface area contributed by atoms with Crippen LogP contribution < -0.4 is 14.4 Å². The molecule has 0 unspecified atom stereocenters. The lowest BCUT2D eigenvalue weighted by atomic mass is 9.68. The minimum atomic E-state index is -3.88. The molecule has 1 saturated carbocycles. The fourth-order valence-corrected chi connectivity index (χ4v) is 8.12. The number of anilines is 1. The van der Waals surface area contributed by atoms with Crippen molar-refractivity contribution in [3.05, 3.63) is 70.3 Å². The first kappa shape index (κ1) is 27.6. The number of ether oxygens (including phenoxy) is 1. The number of aryl methyl sites for hydroxylation is 1. The monoisotopic (exact) mass is 586 g/mol. The molecule has 1 fully saturated rings. The molecule has 2 aromatic rings. The molecule has 7 nitrogen and oxygen atoms in total. The summed E-state index contributed by atoms with van der Waals surface area (Å²) in [6.45, 7) is 3.52. The summed E-state index contributed by atoms with van der Waals surface area (Å²) in [6.07, 6.45) is 8.93. The van der Waals surface area contributed by atoms with E-state index in [0.29, 0.717) is 31.2 Å². The first-order valence-electron chi connectivity index (χ1n) is 14.3. The van der Waals surface area contributed by atoms with Gasteiger partial charge in [0.15, 0.2) is 0 Å². The summed E-state index contributed by atoms with van der Waals surface area (Å²) in [7, 11) is -3.88. The largest absolute Gasteiger partial charge is 0.490 e. The van der Waals surface area contributed by atoms with Crippen LogP contribution in [0.5, 0.6) is 5.75 Å². The zero-order valence-electron chi connectivity index (χ0n) is 22.8. The van der Waals surface area contributed by atoms with Crippen molar-refractivity contribution in [2.45, 2.75) is 68.6 Å². The molecule has 2 aliphatic carbocycles. The maximum Gasteiger partial charge on any atom is 0.264 e. The SMILES string of the molecule is C[C@@H]1C/C=C\C[C@H](O)[C@@H]2CC[C@H]2CN2C[C@@]3(CCCc4cc(Cl)ccc43)COc3ccc(cc32)C(=O)NS1(=O)=O.[HH]. The van der Waals surface area contributed by atoms with Crippen molar-refractivity contribution in [2.75, 3.05) is 24.6 Å². The fraction of sp³-hybridized carbons (Fsp3) is 0.516. The Kier molecular flexibility index (Phi) is 7.38. The van der Waals surface area contributed by atoms with Gasteiger partial charge < -0.3 is 14.7 Å². The van der Waals surface area contributed by atoms with Crippen LogP contribution in [-0.4, -0.2) is 50.5 Å². The average Bonchev–Trinajstić information content (AvgIpc) is 3.05. The molecule has 6 rings (SSSR count). The fourth-order valence-electron chi connectivity index (χ4n) is 6.98. The number of sulfonamides is 1. The third-order valence-corrected chi connectivity index (χ3v) is 11.5. The number of nitrogens with zero attached hydrogens (tertiary/aromatic N) is 1. The normalized spacial score (nSPS) is 32.5. The second kappa shape index (κ2) is 10.7. The van der Waals surface area contributed by atoms with Gasteiger partial charge in [-0.05, 0) is 105 Å². The van der Waals surface area contributed by atoms with E-state index in [4.69, 9.17) is 16.3 Å². The van der Waals surface area contributed by atoms with Crippen LogP contribution in [0.25, 0.3) is 0 Å². The van der Waals surface area contributed by atoms with Crippen LogP contribution >= 0.6 is 11.6 Å². The lowest BCUT2D eigenvalue weighted by molar-refractivity contribution is 0.0177. The van der Waals surface area contributed by atoms with E-state index in [9.17, 15) is 18.3 Å². The highest BCUT2D eigenvalue weighted by atomic mass is 35.5. The molecule has 0 aromatic heterocycles. The molecule has 1 amide bonds. The van der Waals surface area contributed by atoms with Crippen LogP contribution in [0.3, 0.4) is 0 Å². The summed E-state index contributed by atoms with van der Waals surface area (Å²) in [5.74, 6) is 0.529. The van der Waals surface area contributed by atoms with Gasteiger partial charge in [0.05, 0.1) is 23.6 Å². The van der Waals surface area contributed by atoms with Gasteiger partial charge in [0.2, 0.25) is 10.0 Å². The quantitative estimate of drug-likeness (QED) is 0.410. The van der Waals surface area contributed by atoms with Crippen molar-refractivity contribution in [3.8, 4) is 5.75 Å². The number of allylic oxidation sites excluding steroid dienone is 1. The molecule has 0 radical (unpaired) electrons. The number of aliphatic hydroxyl groups excluding tert-OH is 1. The Morgan fingerprint density at radius 3 is 2.77 bits per heavy atom. The molecule has 4 aliphatic rings. The van der Waals surface area contributed by atoms with E-state index in [-0.39, 0.29) is 24.7 Å².